The number of nitrogens with one attached hydrogen (secondary N) is 2. The fraction of sp³-hybridized carbons (Fsp3) is 0.250. The van der Waals surface area contributed by atoms with Crippen LogP contribution in [0.25, 0.3) is 0 Å². The number of halogens is 2. The van der Waals surface area contributed by atoms with Gasteiger partial charge < -0.3 is 5.32 Å². The normalized spacial score (nSPS) is 14.4. The minimum atomic E-state index is -0.760. The third kappa shape index (κ3) is 2.59. The number of H-pyrrole nitrogens is 1. The van der Waals surface area contributed by atoms with Gasteiger partial charge in [-0.05, 0) is 25.0 Å². The van der Waals surface area contributed by atoms with E-state index in [1.54, 1.807) is 0 Å². The van der Waals surface area contributed by atoms with Crippen LogP contribution in [0.4, 0.5) is 14.5 Å². The van der Waals surface area contributed by atoms with Crippen LogP contribution in [-0.4, -0.2) is 21.1 Å². The van der Waals surface area contributed by atoms with Gasteiger partial charge in [-0.3, -0.25) is 9.89 Å². The van der Waals surface area contributed by atoms with Crippen LogP contribution >= 0.6 is 0 Å². The molecule has 0 radical (unpaired) electrons. The van der Waals surface area contributed by atoms with E-state index in [1.165, 1.54) is 0 Å². The molecule has 98 valence electrons. The first-order valence-electron chi connectivity index (χ1n) is 5.81. The minimum Gasteiger partial charge on any atom is -0.319 e. The van der Waals surface area contributed by atoms with E-state index >= 15 is 0 Å². The van der Waals surface area contributed by atoms with Gasteiger partial charge in [0.2, 0.25) is 5.82 Å². The maximum atomic E-state index is 13.0. The molecule has 1 aliphatic carbocycles. The van der Waals surface area contributed by atoms with Gasteiger partial charge in [0.05, 0.1) is 0 Å². The molecule has 0 unspecified atom stereocenters. The highest BCUT2D eigenvalue weighted by Gasteiger charge is 2.28. The average Bonchev–Trinajstić information content (AvgIpc) is 3.05. The number of aromatic nitrogens is 3. The number of amides is 1. The summed E-state index contributed by atoms with van der Waals surface area (Å²) in [5, 5.41) is 8.82. The lowest BCUT2D eigenvalue weighted by atomic mass is 10.3. The predicted octanol–water partition coefficient (Wildman–Crippen LogP) is 2.21. The standard InChI is InChI=1S/C12H10F2N4O/c13-7-3-8(14)5-9(4-7)15-12(19)11-16-10(17-18-11)6-1-2-6/h3-6H,1-2H2,(H,15,19)(H,16,17,18). The third-order valence-electron chi connectivity index (χ3n) is 2.79. The van der Waals surface area contributed by atoms with Crippen molar-refractivity contribution in [3.05, 3.63) is 41.5 Å². The topological polar surface area (TPSA) is 70.7 Å². The number of anilines is 1. The minimum absolute atomic E-state index is 0.0280. The van der Waals surface area contributed by atoms with E-state index in [2.05, 4.69) is 20.5 Å². The van der Waals surface area contributed by atoms with Gasteiger partial charge in [-0.25, -0.2) is 13.8 Å². The number of carbonyl (C=O) groups excluding carboxylic acids is 1. The molecule has 19 heavy (non-hydrogen) atoms. The molecule has 7 heteroatoms. The molecule has 1 heterocycles. The Kier molecular flexibility index (Phi) is 2.73. The van der Waals surface area contributed by atoms with Crippen molar-refractivity contribution in [1.29, 1.82) is 0 Å². The monoisotopic (exact) mass is 264 g/mol. The Morgan fingerprint density at radius 1 is 1.26 bits per heavy atom. The van der Waals surface area contributed by atoms with E-state index in [0.717, 1.165) is 31.0 Å². The van der Waals surface area contributed by atoms with Crippen LogP contribution in [0.15, 0.2) is 18.2 Å². The van der Waals surface area contributed by atoms with Crippen molar-refractivity contribution in [1.82, 2.24) is 15.2 Å². The molecule has 1 saturated carbocycles. The molecule has 1 aromatic heterocycles. The van der Waals surface area contributed by atoms with Crippen molar-refractivity contribution in [2.24, 2.45) is 0 Å². The van der Waals surface area contributed by atoms with Crippen LogP contribution in [0.5, 0.6) is 0 Å². The lowest BCUT2D eigenvalue weighted by Gasteiger charge is -2.02. The second-order valence-electron chi connectivity index (χ2n) is 4.43. The molecule has 1 amide bonds. The molecule has 0 bridgehead atoms. The fourth-order valence-corrected chi connectivity index (χ4v) is 1.73. The molecule has 0 saturated heterocycles. The Labute approximate surface area is 107 Å². The number of rotatable bonds is 3. The molecule has 0 atom stereocenters. The summed E-state index contributed by atoms with van der Waals surface area (Å²) in [6.07, 6.45) is 2.07. The fourth-order valence-electron chi connectivity index (χ4n) is 1.73. The van der Waals surface area contributed by atoms with E-state index in [0.29, 0.717) is 11.7 Å². The first-order valence-corrected chi connectivity index (χ1v) is 5.81. The van der Waals surface area contributed by atoms with E-state index in [-0.39, 0.29) is 11.5 Å². The van der Waals surface area contributed by atoms with Crippen LogP contribution in [-0.2, 0) is 0 Å². The molecule has 1 fully saturated rings. The van der Waals surface area contributed by atoms with Gasteiger partial charge in [0, 0.05) is 17.7 Å². The zero-order valence-electron chi connectivity index (χ0n) is 9.78. The maximum absolute atomic E-state index is 13.0. The Bertz CT molecular complexity index is 616. The van der Waals surface area contributed by atoms with Crippen molar-refractivity contribution >= 4 is 11.6 Å². The zero-order chi connectivity index (χ0) is 13.4. The van der Waals surface area contributed by atoms with Crippen molar-refractivity contribution < 1.29 is 13.6 Å². The SMILES string of the molecule is O=C(Nc1cc(F)cc(F)c1)c1n[nH]c(C2CC2)n1. The van der Waals surface area contributed by atoms with Crippen LogP contribution in [0.3, 0.4) is 0 Å². The summed E-state index contributed by atoms with van der Waals surface area (Å²) in [7, 11) is 0. The molecule has 1 aliphatic rings. The number of hydrogen-bond acceptors (Lipinski definition) is 3. The molecular weight excluding hydrogens is 254 g/mol. The number of carbonyl (C=O) groups is 1. The van der Waals surface area contributed by atoms with Gasteiger partial charge >= 0.3 is 0 Å². The quantitative estimate of drug-likeness (QED) is 0.892. The van der Waals surface area contributed by atoms with E-state index in [1.807, 2.05) is 0 Å². The van der Waals surface area contributed by atoms with Gasteiger partial charge in [0.25, 0.3) is 5.91 Å². The van der Waals surface area contributed by atoms with Gasteiger partial charge in [-0.2, -0.15) is 0 Å². The van der Waals surface area contributed by atoms with Crippen LogP contribution < -0.4 is 5.32 Å². The highest BCUT2D eigenvalue weighted by atomic mass is 19.1. The average molecular weight is 264 g/mol. The molecule has 0 aliphatic heterocycles. The zero-order valence-corrected chi connectivity index (χ0v) is 9.78. The first kappa shape index (κ1) is 11.8. The van der Waals surface area contributed by atoms with Crippen molar-refractivity contribution in [3.8, 4) is 0 Å². The molecular formula is C12H10F2N4O. The Morgan fingerprint density at radius 2 is 1.95 bits per heavy atom. The third-order valence-corrected chi connectivity index (χ3v) is 2.79. The summed E-state index contributed by atoms with van der Waals surface area (Å²) in [6.45, 7) is 0. The Morgan fingerprint density at radius 3 is 2.58 bits per heavy atom. The highest BCUT2D eigenvalue weighted by molar-refractivity contribution is 6.01. The van der Waals surface area contributed by atoms with Gasteiger partial charge in [0.15, 0.2) is 0 Å². The summed E-state index contributed by atoms with van der Waals surface area (Å²) in [6, 6.07) is 2.78. The van der Waals surface area contributed by atoms with Crippen molar-refractivity contribution in [2.75, 3.05) is 5.32 Å². The van der Waals surface area contributed by atoms with Crippen LogP contribution in [0.1, 0.15) is 35.2 Å². The van der Waals surface area contributed by atoms with E-state index in [9.17, 15) is 13.6 Å². The highest BCUT2D eigenvalue weighted by Crippen LogP contribution is 2.37. The summed E-state index contributed by atoms with van der Waals surface area (Å²) >= 11 is 0. The van der Waals surface area contributed by atoms with Crippen LogP contribution in [0, 0.1) is 11.6 Å². The largest absolute Gasteiger partial charge is 0.319 e. The second kappa shape index (κ2) is 4.42. The van der Waals surface area contributed by atoms with E-state index < -0.39 is 17.5 Å². The maximum Gasteiger partial charge on any atom is 0.295 e. The van der Waals surface area contributed by atoms with Gasteiger partial charge in [-0.1, -0.05) is 0 Å². The lowest BCUT2D eigenvalue weighted by molar-refractivity contribution is 0.101. The van der Waals surface area contributed by atoms with Crippen LogP contribution in [0.2, 0.25) is 0 Å². The summed E-state index contributed by atoms with van der Waals surface area (Å²) < 4.78 is 25.9. The molecule has 2 N–H and O–H groups in total. The van der Waals surface area contributed by atoms with Gasteiger partial charge in [-0.15, -0.1) is 5.10 Å². The summed E-state index contributed by atoms with van der Waals surface area (Å²) in [4.78, 5) is 15.8. The van der Waals surface area contributed by atoms with E-state index in [4.69, 9.17) is 0 Å². The predicted molar refractivity (Wildman–Crippen MR) is 62.7 cm³/mol. The summed E-state index contributed by atoms with van der Waals surface area (Å²) in [5.41, 5.74) is 0.0280. The smallest absolute Gasteiger partial charge is 0.295 e. The molecule has 1 aromatic carbocycles. The number of benzene rings is 1. The Hall–Kier alpha value is -2.31. The van der Waals surface area contributed by atoms with Gasteiger partial charge in [0.1, 0.15) is 17.5 Å². The van der Waals surface area contributed by atoms with Crippen molar-refractivity contribution in [2.45, 2.75) is 18.8 Å². The lowest BCUT2D eigenvalue weighted by Crippen LogP contribution is -2.14. The molecule has 3 rings (SSSR count). The van der Waals surface area contributed by atoms with Crippen molar-refractivity contribution in [3.63, 3.8) is 0 Å². The first-order chi connectivity index (χ1) is 9.11. The number of hydrogen-bond donors (Lipinski definition) is 2. The number of aromatic amines is 1. The summed E-state index contributed by atoms with van der Waals surface area (Å²) in [5.74, 6) is -1.14. The molecule has 5 nitrogen and oxygen atoms in total. The Balaban J connectivity index is 1.75. The molecule has 2 aromatic rings. The number of nitrogens with zero attached hydrogens (tertiary/aromatic N) is 2. The second-order valence-corrected chi connectivity index (χ2v) is 4.43. The molecule has 0 spiro atoms.